The van der Waals surface area contributed by atoms with Crippen LogP contribution in [0.5, 0.6) is 0 Å². The van der Waals surface area contributed by atoms with E-state index in [9.17, 15) is 9.90 Å². The van der Waals surface area contributed by atoms with Crippen molar-refractivity contribution in [2.75, 3.05) is 5.75 Å². The lowest BCUT2D eigenvalue weighted by Crippen LogP contribution is -2.33. The fourth-order valence-corrected chi connectivity index (χ4v) is 1.72. The van der Waals surface area contributed by atoms with E-state index in [-0.39, 0.29) is 11.7 Å². The Kier molecular flexibility index (Phi) is 1.92. The van der Waals surface area contributed by atoms with E-state index >= 15 is 0 Å². The largest absolute Gasteiger partial charge is 0.481 e. The zero-order chi connectivity index (χ0) is 7.78. The molecule has 1 unspecified atom stereocenters. The molecule has 2 N–H and O–H groups in total. The highest BCUT2D eigenvalue weighted by atomic mass is 32.2. The maximum Gasteiger partial charge on any atom is 0.306 e. The topological polar surface area (TPSA) is 57.5 Å². The zero-order valence-electron chi connectivity index (χ0n) is 5.70. The summed E-state index contributed by atoms with van der Waals surface area (Å²) in [7, 11) is 0. The van der Waals surface area contributed by atoms with Gasteiger partial charge in [0.1, 0.15) is 0 Å². The second-order valence-electron chi connectivity index (χ2n) is 2.75. The number of carboxylic acid groups (broad SMARTS) is 1. The Bertz CT molecular complexity index is 151. The van der Waals surface area contributed by atoms with Gasteiger partial charge >= 0.3 is 5.97 Å². The van der Waals surface area contributed by atoms with E-state index in [2.05, 4.69) is 0 Å². The molecule has 1 aliphatic rings. The Morgan fingerprint density at radius 2 is 2.40 bits per heavy atom. The molecule has 0 aromatic rings. The summed E-state index contributed by atoms with van der Waals surface area (Å²) in [6.45, 7) is 1.58. The van der Waals surface area contributed by atoms with Crippen LogP contribution >= 0.6 is 11.8 Å². The summed E-state index contributed by atoms with van der Waals surface area (Å²) in [5, 5.41) is 17.9. The van der Waals surface area contributed by atoms with Gasteiger partial charge in [-0.25, -0.2) is 0 Å². The Balaban J connectivity index is 2.41. The predicted octanol–water partition coefficient (Wildman–Crippen LogP) is 0.328. The van der Waals surface area contributed by atoms with Crippen molar-refractivity contribution in [1.29, 1.82) is 0 Å². The molecule has 0 aliphatic carbocycles. The maximum absolute atomic E-state index is 10.2. The van der Waals surface area contributed by atoms with Gasteiger partial charge in [0.05, 0.1) is 12.0 Å². The number of hydrogen-bond acceptors (Lipinski definition) is 3. The number of carboxylic acids is 1. The Labute approximate surface area is 63.4 Å². The number of rotatable bonds is 3. The lowest BCUT2D eigenvalue weighted by Gasteiger charge is -2.18. The van der Waals surface area contributed by atoms with Gasteiger partial charge in [0.15, 0.2) is 0 Å². The van der Waals surface area contributed by atoms with E-state index in [4.69, 9.17) is 5.11 Å². The van der Waals surface area contributed by atoms with Crippen molar-refractivity contribution >= 4 is 17.7 Å². The lowest BCUT2D eigenvalue weighted by molar-refractivity contribution is -0.141. The highest BCUT2D eigenvalue weighted by Gasteiger charge is 2.42. The minimum Gasteiger partial charge on any atom is -0.481 e. The van der Waals surface area contributed by atoms with Crippen molar-refractivity contribution in [2.24, 2.45) is 0 Å². The molecule has 0 bridgehead atoms. The predicted molar refractivity (Wildman–Crippen MR) is 39.1 cm³/mol. The third kappa shape index (κ3) is 1.88. The van der Waals surface area contributed by atoms with E-state index < -0.39 is 11.6 Å². The average molecular weight is 162 g/mol. The first-order valence-corrected chi connectivity index (χ1v) is 4.13. The molecule has 0 aromatic carbocycles. The van der Waals surface area contributed by atoms with Gasteiger partial charge < -0.3 is 10.2 Å². The molecular formula is C6H10O3S. The molecule has 0 spiro atoms. The van der Waals surface area contributed by atoms with Gasteiger partial charge in [-0.3, -0.25) is 4.79 Å². The molecule has 1 fully saturated rings. The third-order valence-electron chi connectivity index (χ3n) is 1.54. The molecule has 0 aromatic heterocycles. The van der Waals surface area contributed by atoms with Crippen LogP contribution in [-0.4, -0.2) is 32.8 Å². The zero-order valence-corrected chi connectivity index (χ0v) is 6.52. The van der Waals surface area contributed by atoms with Gasteiger partial charge in [-0.1, -0.05) is 0 Å². The van der Waals surface area contributed by atoms with E-state index in [0.29, 0.717) is 0 Å². The highest BCUT2D eigenvalue weighted by molar-refractivity contribution is 8.07. The van der Waals surface area contributed by atoms with Crippen LogP contribution in [0.3, 0.4) is 0 Å². The minimum absolute atomic E-state index is 0.142. The van der Waals surface area contributed by atoms with Crippen molar-refractivity contribution in [1.82, 2.24) is 0 Å². The number of thioether (sulfide) groups is 1. The average Bonchev–Trinajstić information content (AvgIpc) is 2.35. The summed E-state index contributed by atoms with van der Waals surface area (Å²) in [5.74, 6) is -0.0437. The molecule has 58 valence electrons. The van der Waals surface area contributed by atoms with Gasteiger partial charge in [0, 0.05) is 11.0 Å². The summed E-state index contributed by atoms with van der Waals surface area (Å²) in [6.07, 6.45) is -0.148. The SMILES string of the molecule is C[C@](O)(CC(=O)O)C1CS1. The van der Waals surface area contributed by atoms with Crippen LogP contribution in [0.4, 0.5) is 0 Å². The molecule has 10 heavy (non-hydrogen) atoms. The first-order chi connectivity index (χ1) is 4.52. The van der Waals surface area contributed by atoms with E-state index in [0.717, 1.165) is 5.75 Å². The standard InChI is InChI=1S/C6H10O3S/c1-6(9,2-5(7)8)4-3-10-4/h4,9H,2-3H2,1H3,(H,7,8)/t4?,6-/m0/s1. The maximum atomic E-state index is 10.2. The lowest BCUT2D eigenvalue weighted by atomic mass is 10.00. The van der Waals surface area contributed by atoms with E-state index in [1.54, 1.807) is 18.7 Å². The molecule has 0 radical (unpaired) electrons. The second-order valence-corrected chi connectivity index (χ2v) is 3.99. The highest BCUT2D eigenvalue weighted by Crippen LogP contribution is 2.40. The molecule has 2 atom stereocenters. The van der Waals surface area contributed by atoms with Crippen LogP contribution in [0.25, 0.3) is 0 Å². The van der Waals surface area contributed by atoms with Gasteiger partial charge in [0.2, 0.25) is 0 Å². The van der Waals surface area contributed by atoms with Crippen molar-refractivity contribution < 1.29 is 15.0 Å². The molecule has 3 nitrogen and oxygen atoms in total. The Morgan fingerprint density at radius 3 is 2.70 bits per heavy atom. The summed E-state index contributed by atoms with van der Waals surface area (Å²) in [5.41, 5.74) is -1.00. The summed E-state index contributed by atoms with van der Waals surface area (Å²) < 4.78 is 0. The van der Waals surface area contributed by atoms with Crippen molar-refractivity contribution in [3.63, 3.8) is 0 Å². The molecule has 1 aliphatic heterocycles. The fraction of sp³-hybridized carbons (Fsp3) is 0.833. The molecule has 1 rings (SSSR count). The second kappa shape index (κ2) is 2.43. The smallest absolute Gasteiger partial charge is 0.306 e. The summed E-state index contributed by atoms with van der Waals surface area (Å²) in [4.78, 5) is 10.2. The molecule has 0 amide bonds. The molecular weight excluding hydrogens is 152 g/mol. The van der Waals surface area contributed by atoms with E-state index in [1.807, 2.05) is 0 Å². The molecule has 1 saturated heterocycles. The van der Waals surface area contributed by atoms with Crippen molar-refractivity contribution in [3.05, 3.63) is 0 Å². The van der Waals surface area contributed by atoms with Crippen LogP contribution in [0.2, 0.25) is 0 Å². The van der Waals surface area contributed by atoms with Crippen LogP contribution < -0.4 is 0 Å². The number of carbonyl (C=O) groups is 1. The third-order valence-corrected chi connectivity index (χ3v) is 2.71. The number of hydrogen-bond donors (Lipinski definition) is 2. The molecule has 1 heterocycles. The van der Waals surface area contributed by atoms with Gasteiger partial charge in [0.25, 0.3) is 0 Å². The normalized spacial score (nSPS) is 29.2. The van der Waals surface area contributed by atoms with Crippen molar-refractivity contribution in [3.8, 4) is 0 Å². The fourth-order valence-electron chi connectivity index (χ4n) is 0.827. The molecule has 0 saturated carbocycles. The van der Waals surface area contributed by atoms with Gasteiger partial charge in [-0.05, 0) is 6.92 Å². The van der Waals surface area contributed by atoms with Crippen LogP contribution in [0, 0.1) is 0 Å². The van der Waals surface area contributed by atoms with Gasteiger partial charge in [-0.2, -0.15) is 11.8 Å². The van der Waals surface area contributed by atoms with Gasteiger partial charge in [-0.15, -0.1) is 0 Å². The van der Waals surface area contributed by atoms with Crippen LogP contribution in [0.15, 0.2) is 0 Å². The van der Waals surface area contributed by atoms with Crippen LogP contribution in [-0.2, 0) is 4.79 Å². The summed E-state index contributed by atoms with van der Waals surface area (Å²) in [6, 6.07) is 0. The van der Waals surface area contributed by atoms with E-state index in [1.165, 1.54) is 0 Å². The number of aliphatic carboxylic acids is 1. The Morgan fingerprint density at radius 1 is 1.90 bits per heavy atom. The first-order valence-electron chi connectivity index (χ1n) is 3.08. The Hall–Kier alpha value is -0.220. The number of aliphatic hydroxyl groups is 1. The molecule has 4 heteroatoms. The van der Waals surface area contributed by atoms with Crippen LogP contribution in [0.1, 0.15) is 13.3 Å². The summed E-state index contributed by atoms with van der Waals surface area (Å²) >= 11 is 1.60. The minimum atomic E-state index is -1.00. The first kappa shape index (κ1) is 7.88. The quantitative estimate of drug-likeness (QED) is 0.587. The van der Waals surface area contributed by atoms with Crippen molar-refractivity contribution in [2.45, 2.75) is 24.2 Å². The monoisotopic (exact) mass is 162 g/mol.